The first kappa shape index (κ1) is 10.0. The Balaban J connectivity index is 2.34. The van der Waals surface area contributed by atoms with Crippen molar-refractivity contribution in [2.24, 2.45) is 5.92 Å². The highest BCUT2D eigenvalue weighted by atomic mass is 16.5. The van der Waals surface area contributed by atoms with E-state index < -0.39 is 0 Å². The van der Waals surface area contributed by atoms with Crippen LogP contribution < -0.4 is 4.74 Å². The van der Waals surface area contributed by atoms with Crippen molar-refractivity contribution >= 4 is 10.8 Å². The van der Waals surface area contributed by atoms with Gasteiger partial charge in [-0.2, -0.15) is 0 Å². The molecule has 2 aromatic rings. The monoisotopic (exact) mass is 199 g/mol. The Morgan fingerprint density at radius 1 is 1.20 bits per heavy atom. The van der Waals surface area contributed by atoms with Crippen molar-refractivity contribution in [3.8, 4) is 5.75 Å². The molecule has 2 rings (SSSR count). The van der Waals surface area contributed by atoms with E-state index in [4.69, 9.17) is 4.74 Å². The Labute approximate surface area is 90.7 Å². The second-order valence-corrected chi connectivity index (χ2v) is 4.10. The number of hydrogen-bond donors (Lipinski definition) is 0. The molecule has 0 spiro atoms. The number of hydrogen-bond acceptors (Lipinski definition) is 1. The highest BCUT2D eigenvalue weighted by Crippen LogP contribution is 2.24. The van der Waals surface area contributed by atoms with Gasteiger partial charge in [0.05, 0.1) is 6.61 Å². The maximum atomic E-state index is 5.73. The zero-order chi connectivity index (χ0) is 10.7. The van der Waals surface area contributed by atoms with Crippen molar-refractivity contribution in [3.63, 3.8) is 0 Å². The molecule has 0 aliphatic heterocycles. The molecule has 0 saturated carbocycles. The van der Waals surface area contributed by atoms with Gasteiger partial charge >= 0.3 is 0 Å². The van der Waals surface area contributed by atoms with E-state index >= 15 is 0 Å². The molecule has 0 heterocycles. The van der Waals surface area contributed by atoms with Gasteiger partial charge in [0.25, 0.3) is 0 Å². The fraction of sp³-hybridized carbons (Fsp3) is 0.286. The minimum absolute atomic E-state index is 0.539. The summed E-state index contributed by atoms with van der Waals surface area (Å²) in [6.07, 6.45) is 0. The molecule has 0 aromatic heterocycles. The molecule has 0 aliphatic rings. The second-order valence-electron chi connectivity index (χ2n) is 4.10. The average molecular weight is 199 g/mol. The summed E-state index contributed by atoms with van der Waals surface area (Å²) >= 11 is 0. The smallest absolute Gasteiger partial charge is 0.135 e. The Morgan fingerprint density at radius 3 is 2.80 bits per heavy atom. The molecular weight excluding hydrogens is 184 g/mol. The molecule has 0 amide bonds. The van der Waals surface area contributed by atoms with Crippen LogP contribution in [0.15, 0.2) is 36.4 Å². The highest BCUT2D eigenvalue weighted by molar-refractivity contribution is 5.87. The molecule has 0 bridgehead atoms. The summed E-state index contributed by atoms with van der Waals surface area (Å²) in [6, 6.07) is 15.3. The first-order chi connectivity index (χ1) is 7.27. The number of benzene rings is 2. The SMILES string of the molecule is CC(C)COc1[c]ccc2ccccc12. The zero-order valence-electron chi connectivity index (χ0n) is 9.16. The summed E-state index contributed by atoms with van der Waals surface area (Å²) in [4.78, 5) is 0. The third-order valence-electron chi connectivity index (χ3n) is 2.24. The maximum absolute atomic E-state index is 5.73. The highest BCUT2D eigenvalue weighted by Gasteiger charge is 2.02. The largest absolute Gasteiger partial charge is 0.492 e. The first-order valence-corrected chi connectivity index (χ1v) is 5.29. The molecule has 1 radical (unpaired) electrons. The van der Waals surface area contributed by atoms with E-state index in [9.17, 15) is 0 Å². The van der Waals surface area contributed by atoms with Crippen molar-refractivity contribution in [2.75, 3.05) is 6.61 Å². The van der Waals surface area contributed by atoms with Crippen LogP contribution in [0.4, 0.5) is 0 Å². The summed E-state index contributed by atoms with van der Waals surface area (Å²) in [7, 11) is 0. The summed E-state index contributed by atoms with van der Waals surface area (Å²) in [5, 5.41) is 2.34. The predicted molar refractivity (Wildman–Crippen MR) is 63.1 cm³/mol. The Bertz CT molecular complexity index is 441. The minimum atomic E-state index is 0.539. The quantitative estimate of drug-likeness (QED) is 0.732. The molecule has 1 nitrogen and oxygen atoms in total. The van der Waals surface area contributed by atoms with Crippen LogP contribution in [-0.2, 0) is 0 Å². The van der Waals surface area contributed by atoms with Crippen LogP contribution in [0.25, 0.3) is 10.8 Å². The van der Waals surface area contributed by atoms with Gasteiger partial charge < -0.3 is 4.74 Å². The van der Waals surface area contributed by atoms with E-state index in [1.807, 2.05) is 18.2 Å². The number of ether oxygens (including phenoxy) is 1. The Hall–Kier alpha value is -1.50. The van der Waals surface area contributed by atoms with E-state index in [-0.39, 0.29) is 0 Å². The van der Waals surface area contributed by atoms with Crippen LogP contribution in [-0.4, -0.2) is 6.61 Å². The summed E-state index contributed by atoms with van der Waals surface area (Å²) in [5.74, 6) is 1.40. The van der Waals surface area contributed by atoms with Gasteiger partial charge in [-0.1, -0.05) is 44.2 Å². The van der Waals surface area contributed by atoms with Gasteiger partial charge in [-0.05, 0) is 17.4 Å². The normalized spacial score (nSPS) is 10.9. The molecule has 77 valence electrons. The summed E-state index contributed by atoms with van der Waals surface area (Å²) < 4.78 is 5.73. The van der Waals surface area contributed by atoms with E-state index in [2.05, 4.69) is 38.1 Å². The average Bonchev–Trinajstić information content (AvgIpc) is 2.26. The Kier molecular flexibility index (Phi) is 2.91. The van der Waals surface area contributed by atoms with E-state index in [0.717, 1.165) is 17.7 Å². The molecule has 0 atom stereocenters. The van der Waals surface area contributed by atoms with Gasteiger partial charge in [0.2, 0.25) is 0 Å². The molecule has 0 aliphatic carbocycles. The van der Waals surface area contributed by atoms with Crippen LogP contribution in [0.3, 0.4) is 0 Å². The molecule has 0 N–H and O–H groups in total. The lowest BCUT2D eigenvalue weighted by Crippen LogP contribution is -2.04. The third kappa shape index (κ3) is 2.30. The molecule has 0 saturated heterocycles. The van der Waals surface area contributed by atoms with Gasteiger partial charge in [-0.3, -0.25) is 0 Å². The van der Waals surface area contributed by atoms with E-state index in [1.165, 1.54) is 5.39 Å². The predicted octanol–water partition coefficient (Wildman–Crippen LogP) is 3.67. The lowest BCUT2D eigenvalue weighted by molar-refractivity contribution is 0.273. The van der Waals surface area contributed by atoms with Crippen molar-refractivity contribution < 1.29 is 4.74 Å². The van der Waals surface area contributed by atoms with Crippen LogP contribution in [0.2, 0.25) is 0 Å². The van der Waals surface area contributed by atoms with Gasteiger partial charge in [0, 0.05) is 11.5 Å². The van der Waals surface area contributed by atoms with Crippen LogP contribution in [0, 0.1) is 12.0 Å². The van der Waals surface area contributed by atoms with Crippen LogP contribution in [0.5, 0.6) is 5.75 Å². The summed E-state index contributed by atoms with van der Waals surface area (Å²) in [5.41, 5.74) is 0. The topological polar surface area (TPSA) is 9.23 Å². The summed E-state index contributed by atoms with van der Waals surface area (Å²) in [6.45, 7) is 5.03. The van der Waals surface area contributed by atoms with Crippen molar-refractivity contribution in [2.45, 2.75) is 13.8 Å². The fourth-order valence-corrected chi connectivity index (χ4v) is 1.50. The first-order valence-electron chi connectivity index (χ1n) is 5.29. The van der Waals surface area contributed by atoms with Gasteiger partial charge in [0.15, 0.2) is 0 Å². The molecule has 0 fully saturated rings. The van der Waals surface area contributed by atoms with Crippen molar-refractivity contribution in [1.29, 1.82) is 0 Å². The van der Waals surface area contributed by atoms with Crippen molar-refractivity contribution in [3.05, 3.63) is 42.5 Å². The minimum Gasteiger partial charge on any atom is -0.492 e. The lowest BCUT2D eigenvalue weighted by Gasteiger charge is -2.10. The molecule has 2 aromatic carbocycles. The standard InChI is InChI=1S/C14H15O/c1-11(2)10-15-14-9-5-7-12-6-3-4-8-13(12)14/h3-8,11H,10H2,1-2H3. The zero-order valence-corrected chi connectivity index (χ0v) is 9.16. The third-order valence-corrected chi connectivity index (χ3v) is 2.24. The lowest BCUT2D eigenvalue weighted by atomic mass is 10.1. The fourth-order valence-electron chi connectivity index (χ4n) is 1.50. The molecule has 0 unspecified atom stereocenters. The maximum Gasteiger partial charge on any atom is 0.135 e. The van der Waals surface area contributed by atoms with Gasteiger partial charge in [-0.25, -0.2) is 0 Å². The van der Waals surface area contributed by atoms with E-state index in [1.54, 1.807) is 0 Å². The molecule has 15 heavy (non-hydrogen) atoms. The molecular formula is C14H15O. The molecule has 1 heteroatoms. The Morgan fingerprint density at radius 2 is 2.00 bits per heavy atom. The van der Waals surface area contributed by atoms with Gasteiger partial charge in [0.1, 0.15) is 5.75 Å². The van der Waals surface area contributed by atoms with Crippen LogP contribution in [0.1, 0.15) is 13.8 Å². The number of fused-ring (bicyclic) bond motifs is 1. The van der Waals surface area contributed by atoms with Crippen molar-refractivity contribution in [1.82, 2.24) is 0 Å². The number of rotatable bonds is 3. The van der Waals surface area contributed by atoms with E-state index in [0.29, 0.717) is 5.92 Å². The second kappa shape index (κ2) is 4.35. The van der Waals surface area contributed by atoms with Gasteiger partial charge in [-0.15, -0.1) is 0 Å². The van der Waals surface area contributed by atoms with Crippen LogP contribution >= 0.6 is 0 Å².